The summed E-state index contributed by atoms with van der Waals surface area (Å²) in [6.45, 7) is 3.19. The van der Waals surface area contributed by atoms with E-state index in [2.05, 4.69) is 5.32 Å². The van der Waals surface area contributed by atoms with Crippen LogP contribution in [0, 0.1) is 0 Å². The van der Waals surface area contributed by atoms with Gasteiger partial charge in [-0.25, -0.2) is 0 Å². The van der Waals surface area contributed by atoms with E-state index in [0.29, 0.717) is 12.2 Å². The molecular formula is C22H21NO3. The van der Waals surface area contributed by atoms with Gasteiger partial charge in [0.15, 0.2) is 0 Å². The zero-order valence-electron chi connectivity index (χ0n) is 14.9. The van der Waals surface area contributed by atoms with E-state index in [1.807, 2.05) is 67.6 Å². The normalized spacial score (nSPS) is 11.8. The molecule has 0 saturated carbocycles. The average Bonchev–Trinajstić information content (AvgIpc) is 2.66. The summed E-state index contributed by atoms with van der Waals surface area (Å²) in [5.74, 6) is -0.00261. The average molecular weight is 347 g/mol. The maximum Gasteiger partial charge on any atom is 0.308 e. The molecule has 26 heavy (non-hydrogen) atoms. The summed E-state index contributed by atoms with van der Waals surface area (Å²) in [4.78, 5) is 23.8. The van der Waals surface area contributed by atoms with Crippen molar-refractivity contribution in [3.05, 3.63) is 77.9 Å². The van der Waals surface area contributed by atoms with Crippen molar-refractivity contribution >= 4 is 22.6 Å². The van der Waals surface area contributed by atoms with Crippen LogP contribution in [0.4, 0.5) is 0 Å². The number of amides is 1. The number of rotatable bonds is 5. The van der Waals surface area contributed by atoms with Gasteiger partial charge in [0.25, 0.3) is 0 Å². The first kappa shape index (κ1) is 17.7. The van der Waals surface area contributed by atoms with Crippen LogP contribution in [0.25, 0.3) is 10.8 Å². The Hall–Kier alpha value is -3.14. The molecular weight excluding hydrogens is 326 g/mol. The summed E-state index contributed by atoms with van der Waals surface area (Å²) < 4.78 is 5.48. The highest BCUT2D eigenvalue weighted by Gasteiger charge is 2.23. The highest BCUT2D eigenvalue weighted by Crippen LogP contribution is 2.36. The van der Waals surface area contributed by atoms with Crippen LogP contribution in [-0.4, -0.2) is 11.9 Å². The topological polar surface area (TPSA) is 55.4 Å². The summed E-state index contributed by atoms with van der Waals surface area (Å²) in [7, 11) is 0. The van der Waals surface area contributed by atoms with E-state index in [9.17, 15) is 9.59 Å². The molecule has 1 N–H and O–H groups in total. The Morgan fingerprint density at radius 3 is 2.35 bits per heavy atom. The van der Waals surface area contributed by atoms with Gasteiger partial charge in [-0.15, -0.1) is 0 Å². The van der Waals surface area contributed by atoms with Gasteiger partial charge in [-0.05, 0) is 22.4 Å². The van der Waals surface area contributed by atoms with E-state index in [0.717, 1.165) is 21.9 Å². The van der Waals surface area contributed by atoms with Gasteiger partial charge < -0.3 is 10.1 Å². The van der Waals surface area contributed by atoms with E-state index < -0.39 is 12.0 Å². The molecule has 1 amide bonds. The maximum atomic E-state index is 12.2. The van der Waals surface area contributed by atoms with E-state index in [1.165, 1.54) is 6.92 Å². The zero-order chi connectivity index (χ0) is 18.5. The predicted molar refractivity (Wildman–Crippen MR) is 102 cm³/mol. The van der Waals surface area contributed by atoms with Gasteiger partial charge in [0.05, 0.1) is 6.04 Å². The van der Waals surface area contributed by atoms with Crippen molar-refractivity contribution in [3.63, 3.8) is 0 Å². The van der Waals surface area contributed by atoms with E-state index >= 15 is 0 Å². The van der Waals surface area contributed by atoms with Crippen LogP contribution in [0.2, 0.25) is 0 Å². The number of benzene rings is 3. The van der Waals surface area contributed by atoms with Crippen molar-refractivity contribution in [1.29, 1.82) is 0 Å². The number of esters is 1. The maximum absolute atomic E-state index is 12.2. The number of hydrogen-bond donors (Lipinski definition) is 1. The third-order valence-electron chi connectivity index (χ3n) is 4.23. The van der Waals surface area contributed by atoms with Crippen molar-refractivity contribution in [2.75, 3.05) is 0 Å². The second-order valence-electron chi connectivity index (χ2n) is 6.06. The summed E-state index contributed by atoms with van der Waals surface area (Å²) in [6, 6.07) is 20.9. The molecule has 0 fully saturated rings. The first-order chi connectivity index (χ1) is 12.6. The van der Waals surface area contributed by atoms with Crippen LogP contribution in [0.15, 0.2) is 66.7 Å². The monoisotopic (exact) mass is 347 g/mol. The molecule has 0 aliphatic carbocycles. The molecule has 0 spiro atoms. The largest absolute Gasteiger partial charge is 0.426 e. The van der Waals surface area contributed by atoms with Crippen molar-refractivity contribution in [2.24, 2.45) is 0 Å². The molecule has 3 aromatic carbocycles. The minimum Gasteiger partial charge on any atom is -0.426 e. The van der Waals surface area contributed by atoms with Gasteiger partial charge in [0, 0.05) is 18.9 Å². The molecule has 0 bridgehead atoms. The molecule has 132 valence electrons. The number of carbonyl (C=O) groups is 2. The fraction of sp³-hybridized carbons (Fsp3) is 0.182. The Morgan fingerprint density at radius 1 is 0.962 bits per heavy atom. The molecule has 0 aromatic heterocycles. The van der Waals surface area contributed by atoms with Gasteiger partial charge >= 0.3 is 5.97 Å². The smallest absolute Gasteiger partial charge is 0.308 e. The highest BCUT2D eigenvalue weighted by atomic mass is 16.5. The Balaban J connectivity index is 2.25. The third-order valence-corrected chi connectivity index (χ3v) is 4.23. The SMILES string of the molecule is CCC(=O)N[C@@H](c1ccccc1)c1c(OC(C)=O)ccc2ccccc12. The number of carbonyl (C=O) groups excluding carboxylic acids is 2. The van der Waals surface area contributed by atoms with Gasteiger partial charge in [-0.2, -0.15) is 0 Å². The molecule has 0 heterocycles. The first-order valence-electron chi connectivity index (χ1n) is 8.64. The lowest BCUT2D eigenvalue weighted by Gasteiger charge is -2.23. The lowest BCUT2D eigenvalue weighted by molar-refractivity contribution is -0.131. The van der Waals surface area contributed by atoms with Crippen molar-refractivity contribution in [3.8, 4) is 5.75 Å². The number of ether oxygens (including phenoxy) is 1. The molecule has 4 heteroatoms. The molecule has 0 unspecified atom stereocenters. The summed E-state index contributed by atoms with van der Waals surface area (Å²) in [6.07, 6.45) is 0.372. The molecule has 0 radical (unpaired) electrons. The van der Waals surface area contributed by atoms with Crippen LogP contribution in [0.1, 0.15) is 37.4 Å². The van der Waals surface area contributed by atoms with Crippen LogP contribution < -0.4 is 10.1 Å². The first-order valence-corrected chi connectivity index (χ1v) is 8.64. The quantitative estimate of drug-likeness (QED) is 0.550. The highest BCUT2D eigenvalue weighted by molar-refractivity contribution is 5.90. The molecule has 0 aliphatic rings. The fourth-order valence-electron chi connectivity index (χ4n) is 3.05. The molecule has 0 saturated heterocycles. The van der Waals surface area contributed by atoms with E-state index in [4.69, 9.17) is 4.74 Å². The minimum atomic E-state index is -0.413. The van der Waals surface area contributed by atoms with Crippen LogP contribution in [-0.2, 0) is 9.59 Å². The number of hydrogen-bond acceptors (Lipinski definition) is 3. The predicted octanol–water partition coefficient (Wildman–Crippen LogP) is 4.38. The third kappa shape index (κ3) is 3.75. The van der Waals surface area contributed by atoms with E-state index in [-0.39, 0.29) is 5.91 Å². The van der Waals surface area contributed by atoms with Gasteiger partial charge in [-0.3, -0.25) is 9.59 Å². The lowest BCUT2D eigenvalue weighted by Crippen LogP contribution is -2.29. The Kier molecular flexibility index (Phi) is 5.32. The van der Waals surface area contributed by atoms with Gasteiger partial charge in [0.2, 0.25) is 5.91 Å². The lowest BCUT2D eigenvalue weighted by atomic mass is 9.92. The van der Waals surface area contributed by atoms with Crippen LogP contribution in [0.5, 0.6) is 5.75 Å². The van der Waals surface area contributed by atoms with Crippen LogP contribution >= 0.6 is 0 Å². The van der Waals surface area contributed by atoms with Crippen molar-refractivity contribution in [2.45, 2.75) is 26.3 Å². The summed E-state index contributed by atoms with van der Waals surface area (Å²) >= 11 is 0. The van der Waals surface area contributed by atoms with Crippen molar-refractivity contribution in [1.82, 2.24) is 5.32 Å². The zero-order valence-corrected chi connectivity index (χ0v) is 14.9. The minimum absolute atomic E-state index is 0.0689. The second-order valence-corrected chi connectivity index (χ2v) is 6.06. The van der Waals surface area contributed by atoms with Gasteiger partial charge in [-0.1, -0.05) is 67.6 Å². The Morgan fingerprint density at radius 2 is 1.65 bits per heavy atom. The molecule has 3 rings (SSSR count). The van der Waals surface area contributed by atoms with Crippen LogP contribution in [0.3, 0.4) is 0 Å². The van der Waals surface area contributed by atoms with E-state index in [1.54, 1.807) is 6.07 Å². The second kappa shape index (κ2) is 7.83. The number of fused-ring (bicyclic) bond motifs is 1. The summed E-state index contributed by atoms with van der Waals surface area (Å²) in [5, 5.41) is 5.03. The fourth-order valence-corrected chi connectivity index (χ4v) is 3.05. The van der Waals surface area contributed by atoms with Gasteiger partial charge in [0.1, 0.15) is 5.75 Å². The standard InChI is InChI=1S/C22H21NO3/c1-3-20(25)23-22(17-10-5-4-6-11-17)21-18-12-8-7-9-16(18)13-14-19(21)26-15(2)24/h4-14,22H,3H2,1-2H3,(H,23,25)/t22-/m0/s1. The summed E-state index contributed by atoms with van der Waals surface area (Å²) in [5.41, 5.74) is 1.71. The molecule has 3 aromatic rings. The molecule has 0 aliphatic heterocycles. The number of nitrogens with one attached hydrogen (secondary N) is 1. The Labute approximate surface area is 152 Å². The molecule has 1 atom stereocenters. The molecule has 4 nitrogen and oxygen atoms in total. The Bertz CT molecular complexity index is 935. The van der Waals surface area contributed by atoms with Crippen molar-refractivity contribution < 1.29 is 14.3 Å².